The van der Waals surface area contributed by atoms with Crippen molar-refractivity contribution >= 4 is 17.3 Å². The highest BCUT2D eigenvalue weighted by molar-refractivity contribution is 7.80. The van der Waals surface area contributed by atoms with E-state index in [1.54, 1.807) is 7.11 Å². The van der Waals surface area contributed by atoms with Gasteiger partial charge < -0.3 is 19.5 Å². The van der Waals surface area contributed by atoms with E-state index in [-0.39, 0.29) is 12.1 Å². The highest BCUT2D eigenvalue weighted by Gasteiger charge is 2.41. The van der Waals surface area contributed by atoms with Crippen LogP contribution in [0.3, 0.4) is 0 Å². The number of rotatable bonds is 6. The largest absolute Gasteiger partial charge is 0.383 e. The summed E-state index contributed by atoms with van der Waals surface area (Å²) in [4.78, 5) is 6.86. The van der Waals surface area contributed by atoms with Gasteiger partial charge in [-0.25, -0.2) is 0 Å². The van der Waals surface area contributed by atoms with Crippen molar-refractivity contribution in [3.8, 4) is 5.69 Å². The number of aromatic nitrogens is 2. The lowest BCUT2D eigenvalue weighted by atomic mass is 9.97. The maximum Gasteiger partial charge on any atom is 0.170 e. The van der Waals surface area contributed by atoms with Gasteiger partial charge in [0.05, 0.1) is 24.4 Å². The van der Waals surface area contributed by atoms with Crippen LogP contribution in [0.5, 0.6) is 0 Å². The van der Waals surface area contributed by atoms with Gasteiger partial charge in [0.1, 0.15) is 0 Å². The number of thiocarbonyl (C=S) groups is 1. The van der Waals surface area contributed by atoms with Crippen molar-refractivity contribution < 1.29 is 4.74 Å². The summed E-state index contributed by atoms with van der Waals surface area (Å²) in [6.45, 7) is 7.82. The van der Waals surface area contributed by atoms with E-state index < -0.39 is 0 Å². The normalized spacial score (nSPS) is 18.7. The van der Waals surface area contributed by atoms with Crippen LogP contribution in [-0.2, 0) is 4.74 Å². The van der Waals surface area contributed by atoms with Gasteiger partial charge in [-0.2, -0.15) is 0 Å². The fourth-order valence-corrected chi connectivity index (χ4v) is 4.76. The first-order valence-electron chi connectivity index (χ1n) is 10.2. The van der Waals surface area contributed by atoms with Crippen molar-refractivity contribution in [1.29, 1.82) is 0 Å². The minimum Gasteiger partial charge on any atom is -0.383 e. The van der Waals surface area contributed by atoms with Crippen LogP contribution in [0, 0.1) is 20.8 Å². The Labute approximate surface area is 183 Å². The molecule has 0 spiro atoms. The molecule has 0 bridgehead atoms. The predicted molar refractivity (Wildman–Crippen MR) is 124 cm³/mol. The van der Waals surface area contributed by atoms with Crippen molar-refractivity contribution in [2.75, 3.05) is 20.3 Å². The van der Waals surface area contributed by atoms with E-state index in [1.807, 2.05) is 18.3 Å². The Morgan fingerprint density at radius 3 is 2.63 bits per heavy atom. The van der Waals surface area contributed by atoms with Crippen LogP contribution < -0.4 is 5.32 Å². The fourth-order valence-electron chi connectivity index (χ4n) is 4.43. The zero-order valence-corrected chi connectivity index (χ0v) is 18.7. The van der Waals surface area contributed by atoms with Crippen LogP contribution in [0.2, 0.25) is 0 Å². The summed E-state index contributed by atoms with van der Waals surface area (Å²) in [5, 5.41) is 4.26. The topological polar surface area (TPSA) is 42.3 Å². The molecule has 0 unspecified atom stereocenters. The quantitative estimate of drug-likeness (QED) is 0.598. The minimum absolute atomic E-state index is 0.0120. The highest BCUT2D eigenvalue weighted by atomic mass is 32.1. The molecule has 0 aliphatic carbocycles. The second kappa shape index (κ2) is 8.58. The number of nitrogens with zero attached hydrogens (tertiary/aromatic N) is 3. The molecule has 30 heavy (non-hydrogen) atoms. The van der Waals surface area contributed by atoms with Gasteiger partial charge in [0.2, 0.25) is 0 Å². The van der Waals surface area contributed by atoms with Crippen molar-refractivity contribution in [3.63, 3.8) is 0 Å². The summed E-state index contributed by atoms with van der Waals surface area (Å²) in [5.41, 5.74) is 7.11. The third-order valence-corrected chi connectivity index (χ3v) is 6.14. The van der Waals surface area contributed by atoms with Gasteiger partial charge in [-0.15, -0.1) is 0 Å². The van der Waals surface area contributed by atoms with Crippen molar-refractivity contribution in [3.05, 3.63) is 82.9 Å². The van der Waals surface area contributed by atoms with Gasteiger partial charge in [-0.1, -0.05) is 18.2 Å². The summed E-state index contributed by atoms with van der Waals surface area (Å²) < 4.78 is 7.70. The Kier molecular flexibility index (Phi) is 5.88. The molecular formula is C24H28N4OS. The molecule has 1 fully saturated rings. The number of pyridine rings is 1. The molecule has 3 heterocycles. The minimum atomic E-state index is -0.0120. The molecular weight excluding hydrogens is 392 g/mol. The predicted octanol–water partition coefficient (Wildman–Crippen LogP) is 4.42. The Balaban J connectivity index is 1.82. The Bertz CT molecular complexity index is 1050. The van der Waals surface area contributed by atoms with Gasteiger partial charge in [0, 0.05) is 36.9 Å². The first-order valence-corrected chi connectivity index (χ1v) is 10.6. The molecule has 0 radical (unpaired) electrons. The lowest BCUT2D eigenvalue weighted by molar-refractivity contribution is 0.164. The van der Waals surface area contributed by atoms with Gasteiger partial charge >= 0.3 is 0 Å². The van der Waals surface area contributed by atoms with Crippen molar-refractivity contribution in [2.24, 2.45) is 0 Å². The molecule has 1 aliphatic heterocycles. The molecule has 2 atom stereocenters. The van der Waals surface area contributed by atoms with E-state index in [1.165, 1.54) is 28.2 Å². The van der Waals surface area contributed by atoms with E-state index >= 15 is 0 Å². The van der Waals surface area contributed by atoms with E-state index in [0.717, 1.165) is 17.4 Å². The lowest BCUT2D eigenvalue weighted by Gasteiger charge is -2.28. The van der Waals surface area contributed by atoms with Crippen molar-refractivity contribution in [2.45, 2.75) is 32.9 Å². The number of benzene rings is 1. The lowest BCUT2D eigenvalue weighted by Crippen LogP contribution is -2.32. The monoisotopic (exact) mass is 420 g/mol. The maximum atomic E-state index is 5.73. The molecule has 5 nitrogen and oxygen atoms in total. The number of aryl methyl sites for hydroxylation is 2. The average Bonchev–Trinajstić information content (AvgIpc) is 3.22. The van der Waals surface area contributed by atoms with Crippen LogP contribution in [0.25, 0.3) is 5.69 Å². The molecule has 0 amide bonds. The number of ether oxygens (including phenoxy) is 1. The van der Waals surface area contributed by atoms with Crippen LogP contribution in [0.1, 0.15) is 40.3 Å². The van der Waals surface area contributed by atoms with E-state index in [2.05, 4.69) is 76.9 Å². The fraction of sp³-hybridized carbons (Fsp3) is 0.333. The summed E-state index contributed by atoms with van der Waals surface area (Å²) in [7, 11) is 1.72. The molecule has 4 rings (SSSR count). The zero-order valence-electron chi connectivity index (χ0n) is 17.9. The van der Waals surface area contributed by atoms with E-state index in [4.69, 9.17) is 17.0 Å². The summed E-state index contributed by atoms with van der Waals surface area (Å²) >= 11 is 5.73. The van der Waals surface area contributed by atoms with Gasteiger partial charge in [0.25, 0.3) is 0 Å². The van der Waals surface area contributed by atoms with Gasteiger partial charge in [0.15, 0.2) is 5.11 Å². The first kappa shape index (κ1) is 20.6. The Morgan fingerprint density at radius 2 is 1.93 bits per heavy atom. The second-order valence-electron chi connectivity index (χ2n) is 7.81. The molecule has 2 aromatic heterocycles. The van der Waals surface area contributed by atoms with Crippen LogP contribution in [-0.4, -0.2) is 39.8 Å². The summed E-state index contributed by atoms with van der Waals surface area (Å²) in [6.07, 6.45) is 1.84. The first-order chi connectivity index (χ1) is 14.5. The SMILES string of the molecule is COCCN1C(=S)N[C@@H](c2ccccn2)[C@@H]1c1cc(C)n(-c2cccc(C)c2)c1C. The van der Waals surface area contributed by atoms with E-state index in [9.17, 15) is 0 Å². The van der Waals surface area contributed by atoms with Crippen LogP contribution in [0.4, 0.5) is 0 Å². The summed E-state index contributed by atoms with van der Waals surface area (Å²) in [5.74, 6) is 0. The van der Waals surface area contributed by atoms with Crippen LogP contribution in [0.15, 0.2) is 54.7 Å². The number of hydrogen-bond donors (Lipinski definition) is 1. The molecule has 6 heteroatoms. The van der Waals surface area contributed by atoms with Crippen molar-refractivity contribution in [1.82, 2.24) is 19.8 Å². The average molecular weight is 421 g/mol. The summed E-state index contributed by atoms with van der Waals surface area (Å²) in [6, 6.07) is 17.0. The van der Waals surface area contributed by atoms with Gasteiger partial charge in [-0.3, -0.25) is 4.98 Å². The van der Waals surface area contributed by atoms with E-state index in [0.29, 0.717) is 6.61 Å². The molecule has 1 aliphatic rings. The zero-order chi connectivity index (χ0) is 21.3. The molecule has 156 valence electrons. The second-order valence-corrected chi connectivity index (χ2v) is 8.20. The molecule has 1 aromatic carbocycles. The molecule has 1 saturated heterocycles. The van der Waals surface area contributed by atoms with Crippen LogP contribution >= 0.6 is 12.2 Å². The Hall–Kier alpha value is -2.70. The molecule has 1 N–H and O–H groups in total. The molecule has 3 aromatic rings. The Morgan fingerprint density at radius 1 is 1.10 bits per heavy atom. The highest BCUT2D eigenvalue weighted by Crippen LogP contribution is 2.41. The number of methoxy groups -OCH3 is 1. The third-order valence-electron chi connectivity index (χ3n) is 5.78. The number of hydrogen-bond acceptors (Lipinski definition) is 3. The van der Waals surface area contributed by atoms with Gasteiger partial charge in [-0.05, 0) is 74.4 Å². The molecule has 0 saturated carbocycles. The maximum absolute atomic E-state index is 5.73. The number of nitrogens with one attached hydrogen (secondary N) is 1. The standard InChI is InChI=1S/C24H28N4OS/c1-16-8-7-9-19(14-16)28-17(2)15-20(18(28)3)23-22(21-10-5-6-11-25-21)26-24(30)27(23)12-13-29-4/h5-11,14-15,22-23H,12-13H2,1-4H3,(H,26,30)/t22-,23-/m0/s1. The smallest absolute Gasteiger partial charge is 0.170 e. The third kappa shape index (κ3) is 3.73.